The zero-order chi connectivity index (χ0) is 24.6. The van der Waals surface area contributed by atoms with Crippen LogP contribution in [0.25, 0.3) is 0 Å². The van der Waals surface area contributed by atoms with Gasteiger partial charge in [-0.05, 0) is 116 Å². The standard InChI is InChI=1S/C31H40O4/c1-4-20-33-35-29-17-14-26(15-18-29)24-8-6-23(7-9-24)25-10-12-27(13-11-25)30-19-16-28(21-22(30)3)31(5-2)34-32/h4-5,14-19,21,23-25,27,31-32H,1-2,6-13,20H2,3H3. The molecule has 2 aromatic rings. The molecule has 0 saturated heterocycles. The van der Waals surface area contributed by atoms with Crippen molar-refractivity contribution in [3.8, 4) is 5.75 Å². The van der Waals surface area contributed by atoms with Crippen LogP contribution in [0.2, 0.25) is 0 Å². The molecule has 4 heteroatoms. The summed E-state index contributed by atoms with van der Waals surface area (Å²) < 4.78 is 0. The lowest BCUT2D eigenvalue weighted by Gasteiger charge is -2.38. The maximum absolute atomic E-state index is 9.09. The molecule has 0 spiro atoms. The topological polar surface area (TPSA) is 47.9 Å². The van der Waals surface area contributed by atoms with Crippen molar-refractivity contribution >= 4 is 0 Å². The molecule has 0 aromatic heterocycles. The van der Waals surface area contributed by atoms with Crippen molar-refractivity contribution in [2.45, 2.75) is 76.2 Å². The van der Waals surface area contributed by atoms with E-state index in [0.29, 0.717) is 18.4 Å². The molecule has 2 aliphatic carbocycles. The van der Waals surface area contributed by atoms with Crippen LogP contribution in [-0.2, 0) is 9.78 Å². The van der Waals surface area contributed by atoms with Crippen LogP contribution in [0.15, 0.2) is 67.8 Å². The highest BCUT2D eigenvalue weighted by atomic mass is 17.2. The summed E-state index contributed by atoms with van der Waals surface area (Å²) >= 11 is 0. The molecule has 1 N–H and O–H groups in total. The number of aryl methyl sites for hydroxylation is 1. The highest BCUT2D eigenvalue weighted by Gasteiger charge is 2.32. The van der Waals surface area contributed by atoms with Gasteiger partial charge in [-0.25, -0.2) is 4.89 Å². The van der Waals surface area contributed by atoms with Gasteiger partial charge in [0.2, 0.25) is 0 Å². The fourth-order valence-electron chi connectivity index (χ4n) is 6.35. The zero-order valence-electron chi connectivity index (χ0n) is 21.0. The Kier molecular flexibility index (Phi) is 9.19. The van der Waals surface area contributed by atoms with Gasteiger partial charge >= 0.3 is 0 Å². The molecular weight excluding hydrogens is 436 g/mol. The van der Waals surface area contributed by atoms with Crippen molar-refractivity contribution in [3.63, 3.8) is 0 Å². The molecule has 35 heavy (non-hydrogen) atoms. The maximum atomic E-state index is 9.09. The molecule has 188 valence electrons. The maximum Gasteiger partial charge on any atom is 0.165 e. The van der Waals surface area contributed by atoms with E-state index in [1.807, 2.05) is 12.1 Å². The Balaban J connectivity index is 1.25. The molecule has 2 saturated carbocycles. The van der Waals surface area contributed by atoms with E-state index in [0.717, 1.165) is 23.1 Å². The van der Waals surface area contributed by atoms with Crippen LogP contribution in [0.4, 0.5) is 0 Å². The SMILES string of the molecule is C=CCOOc1ccc(C2CCC(C3CCC(c4ccc(C(C=C)OO)cc4C)CC3)CC2)cc1. The second-order valence-corrected chi connectivity index (χ2v) is 10.3. The Morgan fingerprint density at radius 3 is 2.06 bits per heavy atom. The first-order valence-electron chi connectivity index (χ1n) is 13.2. The molecule has 0 amide bonds. The van der Waals surface area contributed by atoms with E-state index in [1.165, 1.54) is 68.1 Å². The molecule has 2 aliphatic rings. The van der Waals surface area contributed by atoms with E-state index in [2.05, 4.69) is 55.3 Å². The van der Waals surface area contributed by atoms with Gasteiger partial charge in [0.15, 0.2) is 5.75 Å². The highest BCUT2D eigenvalue weighted by molar-refractivity contribution is 5.36. The van der Waals surface area contributed by atoms with Crippen LogP contribution >= 0.6 is 0 Å². The molecule has 0 radical (unpaired) electrons. The van der Waals surface area contributed by atoms with Gasteiger partial charge in [0, 0.05) is 0 Å². The summed E-state index contributed by atoms with van der Waals surface area (Å²) in [7, 11) is 0. The first-order chi connectivity index (χ1) is 17.1. The fourth-order valence-corrected chi connectivity index (χ4v) is 6.35. The molecule has 1 atom stereocenters. The van der Waals surface area contributed by atoms with Gasteiger partial charge in [-0.1, -0.05) is 42.5 Å². The number of rotatable bonds is 10. The summed E-state index contributed by atoms with van der Waals surface area (Å²) in [6, 6.07) is 14.9. The lowest BCUT2D eigenvalue weighted by atomic mass is 9.67. The van der Waals surface area contributed by atoms with Gasteiger partial charge in [0.25, 0.3) is 0 Å². The van der Waals surface area contributed by atoms with E-state index in [1.54, 1.807) is 12.2 Å². The number of benzene rings is 2. The van der Waals surface area contributed by atoms with Crippen LogP contribution in [0.3, 0.4) is 0 Å². The average molecular weight is 477 g/mol. The van der Waals surface area contributed by atoms with Crippen molar-refractivity contribution in [1.82, 2.24) is 0 Å². The summed E-state index contributed by atoms with van der Waals surface area (Å²) in [5.41, 5.74) is 5.13. The van der Waals surface area contributed by atoms with E-state index in [9.17, 15) is 0 Å². The Morgan fingerprint density at radius 2 is 1.51 bits per heavy atom. The van der Waals surface area contributed by atoms with Crippen LogP contribution in [0.5, 0.6) is 5.75 Å². The van der Waals surface area contributed by atoms with Gasteiger partial charge in [-0.15, -0.1) is 13.2 Å². The summed E-state index contributed by atoms with van der Waals surface area (Å²) in [6.45, 7) is 9.93. The molecule has 0 heterocycles. The monoisotopic (exact) mass is 476 g/mol. The van der Waals surface area contributed by atoms with Crippen molar-refractivity contribution in [2.24, 2.45) is 11.8 Å². The molecule has 0 aliphatic heterocycles. The minimum Gasteiger partial charge on any atom is -0.337 e. The normalized spacial score (nSPS) is 25.5. The van der Waals surface area contributed by atoms with Gasteiger partial charge in [-0.2, -0.15) is 4.89 Å². The highest BCUT2D eigenvalue weighted by Crippen LogP contribution is 2.46. The quantitative estimate of drug-likeness (QED) is 0.162. The van der Waals surface area contributed by atoms with Crippen LogP contribution in [0.1, 0.15) is 91.6 Å². The summed E-state index contributed by atoms with van der Waals surface area (Å²) in [4.78, 5) is 14.9. The predicted octanol–water partition coefficient (Wildman–Crippen LogP) is 8.46. The lowest BCUT2D eigenvalue weighted by molar-refractivity contribution is -0.268. The Morgan fingerprint density at radius 1 is 0.886 bits per heavy atom. The minimum atomic E-state index is -0.462. The zero-order valence-corrected chi connectivity index (χ0v) is 21.0. The van der Waals surface area contributed by atoms with Gasteiger partial charge in [0.05, 0.1) is 0 Å². The number of hydrogen-bond donors (Lipinski definition) is 1. The second-order valence-electron chi connectivity index (χ2n) is 10.3. The molecule has 2 aromatic carbocycles. The molecule has 4 rings (SSSR count). The van der Waals surface area contributed by atoms with E-state index in [-0.39, 0.29) is 0 Å². The van der Waals surface area contributed by atoms with Crippen molar-refractivity contribution in [1.29, 1.82) is 0 Å². The van der Waals surface area contributed by atoms with Crippen molar-refractivity contribution < 1.29 is 19.9 Å². The average Bonchev–Trinajstić information content (AvgIpc) is 2.90. The van der Waals surface area contributed by atoms with E-state index in [4.69, 9.17) is 15.0 Å². The van der Waals surface area contributed by atoms with Crippen molar-refractivity contribution in [3.05, 3.63) is 90.0 Å². The summed E-state index contributed by atoms with van der Waals surface area (Å²) in [5, 5.41) is 9.09. The lowest BCUT2D eigenvalue weighted by Crippen LogP contribution is -2.25. The summed E-state index contributed by atoms with van der Waals surface area (Å²) in [5.74, 6) is 3.80. The Hall–Kier alpha value is -2.40. The Labute approximate surface area is 210 Å². The molecule has 0 bridgehead atoms. The first-order valence-corrected chi connectivity index (χ1v) is 13.2. The third-order valence-electron chi connectivity index (χ3n) is 8.29. The fraction of sp³-hybridized carbons (Fsp3) is 0.484. The third-order valence-corrected chi connectivity index (χ3v) is 8.29. The Bertz CT molecular complexity index is 950. The van der Waals surface area contributed by atoms with Crippen molar-refractivity contribution in [2.75, 3.05) is 6.61 Å². The van der Waals surface area contributed by atoms with Gasteiger partial charge in [0.1, 0.15) is 12.7 Å². The van der Waals surface area contributed by atoms with Crippen LogP contribution in [-0.4, -0.2) is 11.9 Å². The molecule has 1 unspecified atom stereocenters. The van der Waals surface area contributed by atoms with Gasteiger partial charge in [-0.3, -0.25) is 5.26 Å². The van der Waals surface area contributed by atoms with Crippen LogP contribution in [0, 0.1) is 18.8 Å². The largest absolute Gasteiger partial charge is 0.337 e. The second kappa shape index (κ2) is 12.5. The minimum absolute atomic E-state index is 0.385. The molecular formula is C31H40O4. The summed E-state index contributed by atoms with van der Waals surface area (Å²) in [6.07, 6.45) is 13.3. The van der Waals surface area contributed by atoms with Gasteiger partial charge < -0.3 is 4.89 Å². The van der Waals surface area contributed by atoms with E-state index >= 15 is 0 Å². The first kappa shape index (κ1) is 25.7. The predicted molar refractivity (Wildman–Crippen MR) is 140 cm³/mol. The smallest absolute Gasteiger partial charge is 0.165 e. The van der Waals surface area contributed by atoms with Crippen LogP contribution < -0.4 is 4.89 Å². The van der Waals surface area contributed by atoms with E-state index < -0.39 is 6.10 Å². The number of hydrogen-bond acceptors (Lipinski definition) is 4. The third kappa shape index (κ3) is 6.43. The molecule has 4 nitrogen and oxygen atoms in total. The molecule has 2 fully saturated rings.